The summed E-state index contributed by atoms with van der Waals surface area (Å²) in [5, 5.41) is 3.28. The van der Waals surface area contributed by atoms with Gasteiger partial charge in [-0.05, 0) is 31.1 Å². The van der Waals surface area contributed by atoms with E-state index in [1.54, 1.807) is 0 Å². The number of carbonyl (C=O) groups excluding carboxylic acids is 1. The Hall–Kier alpha value is -0.570. The molecule has 14 heavy (non-hydrogen) atoms. The number of carbonyl (C=O) groups is 1. The zero-order valence-corrected chi connectivity index (χ0v) is 8.54. The van der Waals surface area contributed by atoms with E-state index in [0.29, 0.717) is 11.8 Å². The first kappa shape index (κ1) is 8.72. The number of hydrogen-bond acceptors (Lipinski definition) is 2. The number of piperazine rings is 1. The minimum atomic E-state index is 0.386. The zero-order valence-electron chi connectivity index (χ0n) is 8.54. The van der Waals surface area contributed by atoms with E-state index in [1.165, 1.54) is 19.3 Å². The summed E-state index contributed by atoms with van der Waals surface area (Å²) in [5.74, 6) is 2.68. The third-order valence-corrected chi connectivity index (χ3v) is 4.02. The Balaban J connectivity index is 1.58. The average molecular weight is 194 g/mol. The van der Waals surface area contributed by atoms with Crippen molar-refractivity contribution < 1.29 is 4.79 Å². The number of nitrogens with zero attached hydrogens (tertiary/aromatic N) is 1. The molecule has 1 heterocycles. The van der Waals surface area contributed by atoms with E-state index in [2.05, 4.69) is 10.2 Å². The van der Waals surface area contributed by atoms with E-state index < -0.39 is 0 Å². The zero-order chi connectivity index (χ0) is 9.54. The third-order valence-electron chi connectivity index (χ3n) is 4.02. The summed E-state index contributed by atoms with van der Waals surface area (Å²) >= 11 is 0. The van der Waals surface area contributed by atoms with Gasteiger partial charge in [-0.25, -0.2) is 0 Å². The van der Waals surface area contributed by atoms with E-state index >= 15 is 0 Å². The monoisotopic (exact) mass is 194 g/mol. The van der Waals surface area contributed by atoms with Crippen LogP contribution in [0.1, 0.15) is 19.3 Å². The molecule has 1 aliphatic heterocycles. The van der Waals surface area contributed by atoms with Crippen LogP contribution in [0.3, 0.4) is 0 Å². The van der Waals surface area contributed by atoms with Crippen LogP contribution in [-0.2, 0) is 4.79 Å². The highest BCUT2D eigenvalue weighted by Gasteiger charge is 2.48. The topological polar surface area (TPSA) is 32.3 Å². The van der Waals surface area contributed by atoms with Crippen LogP contribution < -0.4 is 5.32 Å². The Morgan fingerprint density at radius 2 is 1.71 bits per heavy atom. The Kier molecular flexibility index (Phi) is 2.01. The molecule has 1 N–H and O–H groups in total. The summed E-state index contributed by atoms with van der Waals surface area (Å²) in [7, 11) is 0. The van der Waals surface area contributed by atoms with Crippen molar-refractivity contribution in [3.05, 3.63) is 0 Å². The van der Waals surface area contributed by atoms with Crippen LogP contribution in [0.15, 0.2) is 0 Å². The molecule has 3 fully saturated rings. The normalized spacial score (nSPS) is 40.9. The van der Waals surface area contributed by atoms with E-state index in [4.69, 9.17) is 0 Å². The molecule has 2 unspecified atom stereocenters. The van der Waals surface area contributed by atoms with Gasteiger partial charge < -0.3 is 10.2 Å². The van der Waals surface area contributed by atoms with Gasteiger partial charge in [0.25, 0.3) is 0 Å². The van der Waals surface area contributed by atoms with Crippen molar-refractivity contribution in [2.24, 2.45) is 17.8 Å². The first-order valence-electron chi connectivity index (χ1n) is 5.84. The Labute approximate surface area is 84.8 Å². The van der Waals surface area contributed by atoms with Crippen molar-refractivity contribution in [1.29, 1.82) is 0 Å². The van der Waals surface area contributed by atoms with Crippen LogP contribution in [0.25, 0.3) is 0 Å². The minimum Gasteiger partial charge on any atom is -0.340 e. The van der Waals surface area contributed by atoms with Crippen molar-refractivity contribution in [3.63, 3.8) is 0 Å². The summed E-state index contributed by atoms with van der Waals surface area (Å²) in [6.07, 6.45) is 3.78. The van der Waals surface area contributed by atoms with E-state index in [9.17, 15) is 4.79 Å². The number of nitrogens with one attached hydrogen (secondary N) is 1. The lowest BCUT2D eigenvalue weighted by Gasteiger charge is -2.30. The number of hydrogen-bond donors (Lipinski definition) is 1. The van der Waals surface area contributed by atoms with Crippen LogP contribution in [0, 0.1) is 17.8 Å². The number of fused-ring (bicyclic) bond motifs is 1. The van der Waals surface area contributed by atoms with E-state index in [-0.39, 0.29) is 0 Å². The smallest absolute Gasteiger partial charge is 0.225 e. The van der Waals surface area contributed by atoms with Crippen molar-refractivity contribution in [3.8, 4) is 0 Å². The molecule has 3 nitrogen and oxygen atoms in total. The lowest BCUT2D eigenvalue weighted by Crippen LogP contribution is -2.48. The molecule has 2 aliphatic carbocycles. The highest BCUT2D eigenvalue weighted by Crippen LogP contribution is 2.54. The molecule has 0 aromatic carbocycles. The molecule has 0 aromatic heterocycles. The minimum absolute atomic E-state index is 0.386. The maximum Gasteiger partial charge on any atom is 0.225 e. The van der Waals surface area contributed by atoms with Crippen LogP contribution in [0.2, 0.25) is 0 Å². The molecule has 0 radical (unpaired) electrons. The van der Waals surface area contributed by atoms with Gasteiger partial charge in [-0.15, -0.1) is 0 Å². The molecule has 3 rings (SSSR count). The summed E-state index contributed by atoms with van der Waals surface area (Å²) in [6.45, 7) is 3.80. The van der Waals surface area contributed by atoms with Gasteiger partial charge in [-0.3, -0.25) is 4.79 Å². The fourth-order valence-corrected chi connectivity index (χ4v) is 3.06. The average Bonchev–Trinajstić information content (AvgIpc) is 2.86. The van der Waals surface area contributed by atoms with E-state index in [0.717, 1.165) is 38.0 Å². The second-order valence-electron chi connectivity index (χ2n) is 5.00. The summed E-state index contributed by atoms with van der Waals surface area (Å²) in [4.78, 5) is 14.1. The van der Waals surface area contributed by atoms with Crippen LogP contribution in [0.4, 0.5) is 0 Å². The molecule has 2 saturated carbocycles. The molecule has 0 bridgehead atoms. The van der Waals surface area contributed by atoms with Crippen molar-refractivity contribution >= 4 is 5.91 Å². The van der Waals surface area contributed by atoms with E-state index in [1.807, 2.05) is 0 Å². The van der Waals surface area contributed by atoms with Gasteiger partial charge in [-0.1, -0.05) is 0 Å². The first-order valence-corrected chi connectivity index (χ1v) is 5.84. The molecule has 3 aliphatic rings. The first-order chi connectivity index (χ1) is 6.84. The number of rotatable bonds is 1. The molecule has 78 valence electrons. The molecular formula is C11H18N2O. The second-order valence-corrected chi connectivity index (χ2v) is 5.00. The Morgan fingerprint density at radius 3 is 2.36 bits per heavy atom. The Bertz CT molecular complexity index is 234. The maximum atomic E-state index is 12.1. The standard InChI is InChI=1S/C11H18N2O/c14-11(13-3-1-12-2-4-13)10-6-8-5-9(8)7-10/h8-10,12H,1-7H2. The molecular weight excluding hydrogens is 176 g/mol. The highest BCUT2D eigenvalue weighted by molar-refractivity contribution is 5.79. The van der Waals surface area contributed by atoms with Gasteiger partial charge in [0.15, 0.2) is 0 Å². The summed E-state index contributed by atoms with van der Waals surface area (Å²) in [5.41, 5.74) is 0. The van der Waals surface area contributed by atoms with Crippen LogP contribution in [0.5, 0.6) is 0 Å². The van der Waals surface area contributed by atoms with Gasteiger partial charge >= 0.3 is 0 Å². The highest BCUT2D eigenvalue weighted by atomic mass is 16.2. The third kappa shape index (κ3) is 1.44. The molecule has 0 aromatic rings. The maximum absolute atomic E-state index is 12.1. The molecule has 1 saturated heterocycles. The van der Waals surface area contributed by atoms with Crippen LogP contribution in [-0.4, -0.2) is 37.0 Å². The van der Waals surface area contributed by atoms with Gasteiger partial charge in [0, 0.05) is 32.1 Å². The molecule has 2 atom stereocenters. The van der Waals surface area contributed by atoms with Gasteiger partial charge in [-0.2, -0.15) is 0 Å². The second kappa shape index (κ2) is 3.23. The summed E-state index contributed by atoms with van der Waals surface area (Å²) < 4.78 is 0. The molecule has 1 amide bonds. The molecule has 3 heteroatoms. The SMILES string of the molecule is O=C(C1CC2CC2C1)N1CCNCC1. The van der Waals surface area contributed by atoms with Crippen LogP contribution >= 0.6 is 0 Å². The van der Waals surface area contributed by atoms with Crippen molar-refractivity contribution in [2.75, 3.05) is 26.2 Å². The van der Waals surface area contributed by atoms with Gasteiger partial charge in [0.05, 0.1) is 0 Å². The lowest BCUT2D eigenvalue weighted by atomic mass is 10.0. The number of amides is 1. The molecule has 0 spiro atoms. The predicted octanol–water partition coefficient (Wildman–Crippen LogP) is 0.464. The van der Waals surface area contributed by atoms with Gasteiger partial charge in [0.2, 0.25) is 5.91 Å². The predicted molar refractivity (Wildman–Crippen MR) is 53.8 cm³/mol. The van der Waals surface area contributed by atoms with Crippen molar-refractivity contribution in [2.45, 2.75) is 19.3 Å². The van der Waals surface area contributed by atoms with Gasteiger partial charge in [0.1, 0.15) is 0 Å². The quantitative estimate of drug-likeness (QED) is 0.658. The fraction of sp³-hybridized carbons (Fsp3) is 0.909. The van der Waals surface area contributed by atoms with Crippen molar-refractivity contribution in [1.82, 2.24) is 10.2 Å². The Morgan fingerprint density at radius 1 is 1.07 bits per heavy atom. The summed E-state index contributed by atoms with van der Waals surface area (Å²) in [6, 6.07) is 0. The lowest BCUT2D eigenvalue weighted by molar-refractivity contribution is -0.136. The largest absolute Gasteiger partial charge is 0.340 e. The fourth-order valence-electron chi connectivity index (χ4n) is 3.06.